The summed E-state index contributed by atoms with van der Waals surface area (Å²) >= 11 is 1.81. The van der Waals surface area contributed by atoms with Crippen molar-refractivity contribution in [3.05, 3.63) is 21.9 Å². The molecule has 2 N–H and O–H groups in total. The van der Waals surface area contributed by atoms with Gasteiger partial charge in [0, 0.05) is 36.4 Å². The van der Waals surface area contributed by atoms with Gasteiger partial charge in [-0.25, -0.2) is 0 Å². The molecular weight excluding hydrogens is 182 g/mol. The molecule has 72 valence electrons. The molecule has 2 heterocycles. The van der Waals surface area contributed by atoms with E-state index in [0.29, 0.717) is 18.4 Å². The smallest absolute Gasteiger partial charge is 0.0478 e. The molecule has 1 aromatic heterocycles. The van der Waals surface area contributed by atoms with Crippen LogP contribution in [0.25, 0.3) is 0 Å². The Bertz CT molecular complexity index is 284. The maximum atomic E-state index is 9.19. The highest BCUT2D eigenvalue weighted by Gasteiger charge is 2.29. The number of nitrogens with one attached hydrogen (secondary N) is 1. The molecule has 2 atom stereocenters. The van der Waals surface area contributed by atoms with Gasteiger partial charge in [-0.3, -0.25) is 0 Å². The summed E-state index contributed by atoms with van der Waals surface area (Å²) in [5.41, 5.74) is 1.37. The maximum Gasteiger partial charge on any atom is 0.0478 e. The van der Waals surface area contributed by atoms with E-state index in [9.17, 15) is 5.11 Å². The van der Waals surface area contributed by atoms with Gasteiger partial charge in [0.2, 0.25) is 0 Å². The third-order valence-electron chi connectivity index (χ3n) is 2.81. The summed E-state index contributed by atoms with van der Waals surface area (Å²) in [6, 6.07) is 2.16. The van der Waals surface area contributed by atoms with Gasteiger partial charge in [0.15, 0.2) is 0 Å². The Morgan fingerprint density at radius 1 is 1.62 bits per heavy atom. The van der Waals surface area contributed by atoms with Gasteiger partial charge in [-0.05, 0) is 23.9 Å². The largest absolute Gasteiger partial charge is 0.396 e. The van der Waals surface area contributed by atoms with E-state index >= 15 is 0 Å². The zero-order valence-corrected chi connectivity index (χ0v) is 8.60. The molecule has 3 heteroatoms. The molecule has 13 heavy (non-hydrogen) atoms. The number of thiophene rings is 1. The fraction of sp³-hybridized carbons (Fsp3) is 0.600. The normalized spacial score (nSPS) is 28.2. The molecule has 1 saturated heterocycles. The van der Waals surface area contributed by atoms with Crippen LogP contribution in [0.15, 0.2) is 11.4 Å². The first-order chi connectivity index (χ1) is 6.33. The predicted octanol–water partition coefficient (Wildman–Crippen LogP) is 1.35. The Labute approximate surface area is 82.6 Å². The topological polar surface area (TPSA) is 32.3 Å². The SMILES string of the molecule is Cc1ccsc1[C@H]1CNC[C@@H]1CO. The van der Waals surface area contributed by atoms with Gasteiger partial charge in [0.1, 0.15) is 0 Å². The van der Waals surface area contributed by atoms with Crippen molar-refractivity contribution >= 4 is 11.3 Å². The van der Waals surface area contributed by atoms with Crippen molar-refractivity contribution in [2.75, 3.05) is 19.7 Å². The Morgan fingerprint density at radius 2 is 2.46 bits per heavy atom. The average Bonchev–Trinajstić information content (AvgIpc) is 2.71. The van der Waals surface area contributed by atoms with Gasteiger partial charge in [-0.1, -0.05) is 0 Å². The van der Waals surface area contributed by atoms with E-state index in [1.165, 1.54) is 10.4 Å². The summed E-state index contributed by atoms with van der Waals surface area (Å²) in [5, 5.41) is 14.7. The first-order valence-electron chi connectivity index (χ1n) is 4.68. The third kappa shape index (κ3) is 1.64. The van der Waals surface area contributed by atoms with Gasteiger partial charge >= 0.3 is 0 Å². The lowest BCUT2D eigenvalue weighted by atomic mass is 9.93. The molecular formula is C10H15NOS. The minimum atomic E-state index is 0.301. The van der Waals surface area contributed by atoms with Crippen LogP contribution in [-0.2, 0) is 0 Å². The number of aliphatic hydroxyl groups is 1. The van der Waals surface area contributed by atoms with Crippen molar-refractivity contribution in [2.24, 2.45) is 5.92 Å². The van der Waals surface area contributed by atoms with Gasteiger partial charge in [-0.2, -0.15) is 0 Å². The van der Waals surface area contributed by atoms with Gasteiger partial charge < -0.3 is 10.4 Å². The predicted molar refractivity (Wildman–Crippen MR) is 55.2 cm³/mol. The summed E-state index contributed by atoms with van der Waals surface area (Å²) in [5.74, 6) is 0.947. The van der Waals surface area contributed by atoms with E-state index in [4.69, 9.17) is 0 Å². The van der Waals surface area contributed by atoms with E-state index in [2.05, 4.69) is 23.7 Å². The fourth-order valence-electron chi connectivity index (χ4n) is 2.00. The lowest BCUT2D eigenvalue weighted by Crippen LogP contribution is -2.14. The van der Waals surface area contributed by atoms with Crippen molar-refractivity contribution in [1.82, 2.24) is 5.32 Å². The molecule has 0 amide bonds. The quantitative estimate of drug-likeness (QED) is 0.750. The van der Waals surface area contributed by atoms with Gasteiger partial charge in [0.25, 0.3) is 0 Å². The van der Waals surface area contributed by atoms with Crippen LogP contribution in [0.1, 0.15) is 16.4 Å². The fourth-order valence-corrected chi connectivity index (χ4v) is 3.12. The molecule has 1 aromatic rings. The minimum Gasteiger partial charge on any atom is -0.396 e. The standard InChI is InChI=1S/C10H15NOS/c1-7-2-3-13-10(7)9-5-11-4-8(9)6-12/h2-3,8-9,11-12H,4-6H2,1H3/t8-,9+/m1/s1. The van der Waals surface area contributed by atoms with Crippen LogP contribution in [-0.4, -0.2) is 24.8 Å². The van der Waals surface area contributed by atoms with Crippen molar-refractivity contribution < 1.29 is 5.11 Å². The second-order valence-electron chi connectivity index (χ2n) is 3.68. The van der Waals surface area contributed by atoms with Crippen LogP contribution >= 0.6 is 11.3 Å². The van der Waals surface area contributed by atoms with Crippen LogP contribution in [0.3, 0.4) is 0 Å². The highest BCUT2D eigenvalue weighted by Crippen LogP contribution is 2.33. The Hall–Kier alpha value is -0.380. The number of hydrogen-bond donors (Lipinski definition) is 2. The number of hydrogen-bond acceptors (Lipinski definition) is 3. The average molecular weight is 197 g/mol. The molecule has 1 aliphatic rings. The lowest BCUT2D eigenvalue weighted by Gasteiger charge is -2.15. The molecule has 0 bridgehead atoms. The van der Waals surface area contributed by atoms with Crippen LogP contribution in [0.4, 0.5) is 0 Å². The summed E-state index contributed by atoms with van der Waals surface area (Å²) < 4.78 is 0. The van der Waals surface area contributed by atoms with Crippen molar-refractivity contribution in [3.8, 4) is 0 Å². The molecule has 2 nitrogen and oxygen atoms in total. The van der Waals surface area contributed by atoms with Crippen molar-refractivity contribution in [1.29, 1.82) is 0 Å². The monoisotopic (exact) mass is 197 g/mol. The molecule has 0 spiro atoms. The zero-order chi connectivity index (χ0) is 9.26. The van der Waals surface area contributed by atoms with Gasteiger partial charge in [-0.15, -0.1) is 11.3 Å². The first-order valence-corrected chi connectivity index (χ1v) is 5.56. The molecule has 0 aliphatic carbocycles. The summed E-state index contributed by atoms with van der Waals surface area (Å²) in [6.45, 7) is 4.43. The lowest BCUT2D eigenvalue weighted by molar-refractivity contribution is 0.227. The van der Waals surface area contributed by atoms with Crippen LogP contribution < -0.4 is 5.32 Å². The maximum absolute atomic E-state index is 9.19. The second kappa shape index (κ2) is 3.78. The van der Waals surface area contributed by atoms with E-state index in [1.807, 2.05) is 11.3 Å². The Kier molecular flexibility index (Phi) is 2.67. The van der Waals surface area contributed by atoms with Crippen LogP contribution in [0, 0.1) is 12.8 Å². The summed E-state index contributed by atoms with van der Waals surface area (Å²) in [7, 11) is 0. The molecule has 2 rings (SSSR count). The summed E-state index contributed by atoms with van der Waals surface area (Å²) in [6.07, 6.45) is 0. The first kappa shape index (κ1) is 9.19. The summed E-state index contributed by atoms with van der Waals surface area (Å²) in [4.78, 5) is 1.45. The van der Waals surface area contributed by atoms with Gasteiger partial charge in [0.05, 0.1) is 0 Å². The number of rotatable bonds is 2. The van der Waals surface area contributed by atoms with Crippen molar-refractivity contribution in [3.63, 3.8) is 0 Å². The minimum absolute atomic E-state index is 0.301. The molecule has 0 saturated carbocycles. The highest BCUT2D eigenvalue weighted by molar-refractivity contribution is 7.10. The van der Waals surface area contributed by atoms with E-state index in [0.717, 1.165) is 13.1 Å². The molecule has 0 aromatic carbocycles. The van der Waals surface area contributed by atoms with E-state index < -0.39 is 0 Å². The number of aliphatic hydroxyl groups excluding tert-OH is 1. The van der Waals surface area contributed by atoms with E-state index in [-0.39, 0.29) is 0 Å². The second-order valence-corrected chi connectivity index (χ2v) is 4.62. The van der Waals surface area contributed by atoms with E-state index in [1.54, 1.807) is 0 Å². The Balaban J connectivity index is 2.20. The van der Waals surface area contributed by atoms with Crippen molar-refractivity contribution in [2.45, 2.75) is 12.8 Å². The van der Waals surface area contributed by atoms with Crippen LogP contribution in [0.5, 0.6) is 0 Å². The Morgan fingerprint density at radius 3 is 3.08 bits per heavy atom. The molecule has 1 fully saturated rings. The molecule has 0 unspecified atom stereocenters. The highest BCUT2D eigenvalue weighted by atomic mass is 32.1. The third-order valence-corrected chi connectivity index (χ3v) is 3.96. The molecule has 1 aliphatic heterocycles. The number of aryl methyl sites for hydroxylation is 1. The van der Waals surface area contributed by atoms with Crippen LogP contribution in [0.2, 0.25) is 0 Å². The molecule has 0 radical (unpaired) electrons. The zero-order valence-electron chi connectivity index (χ0n) is 7.79.